The van der Waals surface area contributed by atoms with Crippen LogP contribution in [0.1, 0.15) is 0 Å². The fraction of sp³-hybridized carbons (Fsp3) is 0.143. The van der Waals surface area contributed by atoms with E-state index in [0.29, 0.717) is 5.75 Å². The highest BCUT2D eigenvalue weighted by Gasteiger charge is 2.22. The Morgan fingerprint density at radius 1 is 1.07 bits per heavy atom. The van der Waals surface area contributed by atoms with Gasteiger partial charge in [-0.05, 0) is 59.7 Å². The van der Waals surface area contributed by atoms with Gasteiger partial charge in [-0.1, -0.05) is 6.07 Å². The molecule has 136 valence electrons. The van der Waals surface area contributed by atoms with Gasteiger partial charge in [0.25, 0.3) is 5.91 Å². The molecule has 4 rings (SSSR count). The van der Waals surface area contributed by atoms with Crippen molar-refractivity contribution >= 4 is 23.1 Å². The number of aromatic nitrogens is 1. The van der Waals surface area contributed by atoms with E-state index in [2.05, 4.69) is 10.3 Å². The van der Waals surface area contributed by atoms with Gasteiger partial charge in [0.05, 0.1) is 12.8 Å². The summed E-state index contributed by atoms with van der Waals surface area (Å²) in [6.45, 7) is 0.0774. The SMILES string of the molecule is COc1ccc(Nc2cc(-c3ccc4c(c3)N(C)C(=O)CO4)ccn2)cc1. The van der Waals surface area contributed by atoms with E-state index in [1.165, 1.54) is 0 Å². The largest absolute Gasteiger partial charge is 0.497 e. The lowest BCUT2D eigenvalue weighted by molar-refractivity contribution is -0.120. The normalized spacial score (nSPS) is 13.0. The van der Waals surface area contributed by atoms with Gasteiger partial charge in [-0.2, -0.15) is 0 Å². The molecular formula is C21H19N3O3. The lowest BCUT2D eigenvalue weighted by atomic mass is 10.0. The molecule has 0 atom stereocenters. The number of anilines is 3. The van der Waals surface area contributed by atoms with E-state index in [1.54, 1.807) is 25.3 Å². The molecule has 1 aliphatic rings. The number of ether oxygens (including phenoxy) is 2. The van der Waals surface area contributed by atoms with Crippen molar-refractivity contribution in [1.29, 1.82) is 0 Å². The molecule has 6 nitrogen and oxygen atoms in total. The molecular weight excluding hydrogens is 342 g/mol. The van der Waals surface area contributed by atoms with Crippen molar-refractivity contribution < 1.29 is 14.3 Å². The van der Waals surface area contributed by atoms with Crippen LogP contribution in [0.2, 0.25) is 0 Å². The zero-order valence-corrected chi connectivity index (χ0v) is 15.1. The Morgan fingerprint density at radius 2 is 1.85 bits per heavy atom. The van der Waals surface area contributed by atoms with Gasteiger partial charge in [-0.3, -0.25) is 4.79 Å². The maximum Gasteiger partial charge on any atom is 0.264 e. The van der Waals surface area contributed by atoms with Gasteiger partial charge < -0.3 is 19.7 Å². The number of hydrogen-bond donors (Lipinski definition) is 1. The van der Waals surface area contributed by atoms with E-state index >= 15 is 0 Å². The first-order chi connectivity index (χ1) is 13.1. The lowest BCUT2D eigenvalue weighted by Crippen LogP contribution is -2.35. The quantitative estimate of drug-likeness (QED) is 0.765. The molecule has 0 spiro atoms. The van der Waals surface area contributed by atoms with Crippen molar-refractivity contribution in [2.75, 3.05) is 31.0 Å². The van der Waals surface area contributed by atoms with Crippen molar-refractivity contribution in [2.45, 2.75) is 0 Å². The van der Waals surface area contributed by atoms with Gasteiger partial charge in [-0.15, -0.1) is 0 Å². The zero-order chi connectivity index (χ0) is 18.8. The van der Waals surface area contributed by atoms with Crippen LogP contribution in [0.4, 0.5) is 17.2 Å². The lowest BCUT2D eigenvalue weighted by Gasteiger charge is -2.26. The molecule has 1 N–H and O–H groups in total. The zero-order valence-electron chi connectivity index (χ0n) is 15.1. The van der Waals surface area contributed by atoms with E-state index in [1.807, 2.05) is 54.6 Å². The number of benzene rings is 2. The predicted octanol–water partition coefficient (Wildman–Crippen LogP) is 3.86. The van der Waals surface area contributed by atoms with E-state index < -0.39 is 0 Å². The van der Waals surface area contributed by atoms with Gasteiger partial charge in [-0.25, -0.2) is 4.98 Å². The third-order valence-corrected chi connectivity index (χ3v) is 4.50. The maximum atomic E-state index is 11.9. The number of hydrogen-bond acceptors (Lipinski definition) is 5. The molecule has 27 heavy (non-hydrogen) atoms. The number of carbonyl (C=O) groups is 1. The molecule has 3 aromatic rings. The molecule has 0 aliphatic carbocycles. The summed E-state index contributed by atoms with van der Waals surface area (Å²) in [5, 5.41) is 3.29. The Bertz CT molecular complexity index is 986. The second kappa shape index (κ2) is 6.99. The number of carbonyl (C=O) groups excluding carboxylic acids is 1. The second-order valence-electron chi connectivity index (χ2n) is 6.21. The Labute approximate surface area is 157 Å². The van der Waals surface area contributed by atoms with Crippen LogP contribution in [0.15, 0.2) is 60.8 Å². The van der Waals surface area contributed by atoms with Crippen LogP contribution in [0, 0.1) is 0 Å². The van der Waals surface area contributed by atoms with Crippen LogP contribution < -0.4 is 19.7 Å². The van der Waals surface area contributed by atoms with E-state index in [0.717, 1.165) is 34.1 Å². The number of nitrogens with one attached hydrogen (secondary N) is 1. The van der Waals surface area contributed by atoms with Gasteiger partial charge in [0.1, 0.15) is 17.3 Å². The van der Waals surface area contributed by atoms with Gasteiger partial charge in [0.2, 0.25) is 0 Å². The summed E-state index contributed by atoms with van der Waals surface area (Å²) in [6.07, 6.45) is 1.76. The summed E-state index contributed by atoms with van der Waals surface area (Å²) in [6, 6.07) is 17.4. The van der Waals surface area contributed by atoms with Crippen LogP contribution in [-0.4, -0.2) is 31.7 Å². The van der Waals surface area contributed by atoms with Crippen LogP contribution in [0.3, 0.4) is 0 Å². The van der Waals surface area contributed by atoms with Gasteiger partial charge >= 0.3 is 0 Å². The highest BCUT2D eigenvalue weighted by molar-refractivity contribution is 5.98. The molecule has 0 bridgehead atoms. The summed E-state index contributed by atoms with van der Waals surface area (Å²) in [4.78, 5) is 17.9. The Morgan fingerprint density at radius 3 is 2.63 bits per heavy atom. The summed E-state index contributed by atoms with van der Waals surface area (Å²) < 4.78 is 10.7. The van der Waals surface area contributed by atoms with Crippen LogP contribution >= 0.6 is 0 Å². The minimum Gasteiger partial charge on any atom is -0.497 e. The van der Waals surface area contributed by atoms with Crippen molar-refractivity contribution in [1.82, 2.24) is 4.98 Å². The molecule has 6 heteroatoms. The van der Waals surface area contributed by atoms with Gasteiger partial charge in [0, 0.05) is 18.9 Å². The third kappa shape index (κ3) is 3.42. The first-order valence-corrected chi connectivity index (χ1v) is 8.55. The molecule has 2 aromatic carbocycles. The average molecular weight is 361 g/mol. The predicted molar refractivity (Wildman–Crippen MR) is 105 cm³/mol. The van der Waals surface area contributed by atoms with Crippen molar-refractivity contribution in [2.24, 2.45) is 0 Å². The van der Waals surface area contributed by atoms with E-state index in [9.17, 15) is 4.79 Å². The minimum atomic E-state index is -0.0590. The number of likely N-dealkylation sites (N-methyl/N-ethyl adjacent to an activating group) is 1. The molecule has 0 radical (unpaired) electrons. The first-order valence-electron chi connectivity index (χ1n) is 8.55. The molecule has 0 saturated carbocycles. The standard InChI is InChI=1S/C21H19N3O3/c1-24-18-11-14(3-8-19(18)27-13-21(24)25)15-9-10-22-20(12-15)23-16-4-6-17(26-2)7-5-16/h3-12H,13H2,1-2H3,(H,22,23). The van der Waals surface area contributed by atoms with E-state index in [-0.39, 0.29) is 12.5 Å². The van der Waals surface area contributed by atoms with Crippen LogP contribution in [0.5, 0.6) is 11.5 Å². The highest BCUT2D eigenvalue weighted by Crippen LogP contribution is 2.35. The monoisotopic (exact) mass is 361 g/mol. The number of nitrogens with zero attached hydrogens (tertiary/aromatic N) is 2. The topological polar surface area (TPSA) is 63.7 Å². The molecule has 0 unspecified atom stereocenters. The Hall–Kier alpha value is -3.54. The highest BCUT2D eigenvalue weighted by atomic mass is 16.5. The Kier molecular flexibility index (Phi) is 4.38. The first kappa shape index (κ1) is 16.9. The minimum absolute atomic E-state index is 0.0590. The fourth-order valence-corrected chi connectivity index (χ4v) is 2.95. The molecule has 1 aromatic heterocycles. The van der Waals surface area contributed by atoms with Crippen molar-refractivity contribution in [3.05, 3.63) is 60.8 Å². The Balaban J connectivity index is 1.61. The number of amides is 1. The summed E-state index contributed by atoms with van der Waals surface area (Å²) in [5.74, 6) is 2.19. The summed E-state index contributed by atoms with van der Waals surface area (Å²) in [5.41, 5.74) is 3.67. The number of pyridine rings is 1. The summed E-state index contributed by atoms with van der Waals surface area (Å²) >= 11 is 0. The molecule has 2 heterocycles. The smallest absolute Gasteiger partial charge is 0.264 e. The second-order valence-corrected chi connectivity index (χ2v) is 6.21. The molecule has 1 aliphatic heterocycles. The van der Waals surface area contributed by atoms with Crippen molar-refractivity contribution in [3.8, 4) is 22.6 Å². The summed E-state index contributed by atoms with van der Waals surface area (Å²) in [7, 11) is 3.40. The van der Waals surface area contributed by atoms with E-state index in [4.69, 9.17) is 9.47 Å². The third-order valence-electron chi connectivity index (χ3n) is 4.50. The number of rotatable bonds is 4. The van der Waals surface area contributed by atoms with Crippen LogP contribution in [-0.2, 0) is 4.79 Å². The molecule has 0 saturated heterocycles. The fourth-order valence-electron chi connectivity index (χ4n) is 2.95. The van der Waals surface area contributed by atoms with Crippen molar-refractivity contribution in [3.63, 3.8) is 0 Å². The molecule has 0 fully saturated rings. The van der Waals surface area contributed by atoms with Gasteiger partial charge in [0.15, 0.2) is 6.61 Å². The van der Waals surface area contributed by atoms with Crippen LogP contribution in [0.25, 0.3) is 11.1 Å². The molecule has 1 amide bonds. The maximum absolute atomic E-state index is 11.9. The number of methoxy groups -OCH3 is 1. The number of fused-ring (bicyclic) bond motifs is 1. The average Bonchev–Trinajstić information content (AvgIpc) is 2.71.